The van der Waals surface area contributed by atoms with Gasteiger partial charge >= 0.3 is 6.09 Å². The summed E-state index contributed by atoms with van der Waals surface area (Å²) in [4.78, 5) is 30.7. The SMILES string of the molecule is O=C(O)N1CCC(COc2ccc(-c3ccc(CC(=O)N4CC(O)C4)cc3)nc2)CC1. The molecule has 0 bridgehead atoms. The highest BCUT2D eigenvalue weighted by Gasteiger charge is 2.28. The van der Waals surface area contributed by atoms with Crippen LogP contribution in [0.4, 0.5) is 4.79 Å². The van der Waals surface area contributed by atoms with E-state index < -0.39 is 6.09 Å². The van der Waals surface area contributed by atoms with Gasteiger partial charge in [-0.25, -0.2) is 4.79 Å². The smallest absolute Gasteiger partial charge is 0.407 e. The van der Waals surface area contributed by atoms with E-state index in [9.17, 15) is 14.7 Å². The van der Waals surface area contributed by atoms with Crippen LogP contribution in [0.3, 0.4) is 0 Å². The molecule has 31 heavy (non-hydrogen) atoms. The number of carbonyl (C=O) groups excluding carboxylic acids is 1. The number of carbonyl (C=O) groups is 2. The number of hydrogen-bond acceptors (Lipinski definition) is 5. The van der Waals surface area contributed by atoms with Gasteiger partial charge in [0.2, 0.25) is 5.91 Å². The number of hydrogen-bond donors (Lipinski definition) is 2. The molecular weight excluding hydrogens is 398 g/mol. The average Bonchev–Trinajstić information content (AvgIpc) is 2.76. The van der Waals surface area contributed by atoms with Crippen LogP contribution in [-0.4, -0.2) is 75.9 Å². The molecule has 4 rings (SSSR count). The molecule has 2 fully saturated rings. The molecule has 3 heterocycles. The molecule has 2 amide bonds. The second-order valence-electron chi connectivity index (χ2n) is 8.23. The van der Waals surface area contributed by atoms with Crippen LogP contribution < -0.4 is 4.74 Å². The number of piperidine rings is 1. The highest BCUT2D eigenvalue weighted by molar-refractivity contribution is 5.79. The normalized spacial score (nSPS) is 17.3. The predicted octanol–water partition coefficient (Wildman–Crippen LogP) is 2.26. The number of likely N-dealkylation sites (tertiary alicyclic amines) is 2. The maximum Gasteiger partial charge on any atom is 0.407 e. The minimum Gasteiger partial charge on any atom is -0.492 e. The van der Waals surface area contributed by atoms with Gasteiger partial charge in [0, 0.05) is 31.7 Å². The number of benzene rings is 1. The van der Waals surface area contributed by atoms with Gasteiger partial charge in [-0.2, -0.15) is 0 Å². The quantitative estimate of drug-likeness (QED) is 0.736. The van der Waals surface area contributed by atoms with Crippen molar-refractivity contribution < 1.29 is 24.5 Å². The van der Waals surface area contributed by atoms with Crippen LogP contribution >= 0.6 is 0 Å². The first-order valence-electron chi connectivity index (χ1n) is 10.6. The highest BCUT2D eigenvalue weighted by Crippen LogP contribution is 2.23. The van der Waals surface area contributed by atoms with Gasteiger partial charge in [-0.15, -0.1) is 0 Å². The Hall–Kier alpha value is -3.13. The van der Waals surface area contributed by atoms with Gasteiger partial charge in [-0.3, -0.25) is 9.78 Å². The first-order chi connectivity index (χ1) is 15.0. The van der Waals surface area contributed by atoms with Gasteiger partial charge in [0.1, 0.15) is 5.75 Å². The first kappa shape index (κ1) is 21.1. The zero-order valence-electron chi connectivity index (χ0n) is 17.3. The largest absolute Gasteiger partial charge is 0.492 e. The number of aliphatic hydroxyl groups excluding tert-OH is 1. The molecule has 1 aromatic heterocycles. The van der Waals surface area contributed by atoms with Gasteiger partial charge in [0.25, 0.3) is 0 Å². The molecule has 2 aromatic rings. The van der Waals surface area contributed by atoms with E-state index in [0.717, 1.165) is 29.7 Å². The molecule has 2 aliphatic rings. The summed E-state index contributed by atoms with van der Waals surface area (Å²) in [6.45, 7) is 2.53. The lowest BCUT2D eigenvalue weighted by molar-refractivity contribution is -0.140. The van der Waals surface area contributed by atoms with Crippen LogP contribution in [0.2, 0.25) is 0 Å². The molecule has 0 aliphatic carbocycles. The summed E-state index contributed by atoms with van der Waals surface area (Å²) < 4.78 is 5.85. The number of nitrogens with zero attached hydrogens (tertiary/aromatic N) is 3. The molecule has 0 unspecified atom stereocenters. The lowest BCUT2D eigenvalue weighted by Gasteiger charge is -2.35. The molecular formula is C23H27N3O5. The third-order valence-electron chi connectivity index (χ3n) is 5.93. The number of ether oxygens (including phenoxy) is 1. The van der Waals surface area contributed by atoms with Gasteiger partial charge in [0.05, 0.1) is 31.0 Å². The minimum absolute atomic E-state index is 0.0336. The molecule has 0 radical (unpaired) electrons. The zero-order chi connectivity index (χ0) is 21.8. The Morgan fingerprint density at radius 3 is 2.32 bits per heavy atom. The summed E-state index contributed by atoms with van der Waals surface area (Å²) in [5, 5.41) is 18.3. The number of carboxylic acid groups (broad SMARTS) is 1. The summed E-state index contributed by atoms with van der Waals surface area (Å²) in [6.07, 6.45) is 2.42. The molecule has 0 atom stereocenters. The Labute approximate surface area is 181 Å². The van der Waals surface area contributed by atoms with Crippen molar-refractivity contribution in [1.29, 1.82) is 0 Å². The number of aromatic nitrogens is 1. The number of pyridine rings is 1. The van der Waals surface area contributed by atoms with Crippen molar-refractivity contribution in [3.63, 3.8) is 0 Å². The summed E-state index contributed by atoms with van der Waals surface area (Å²) in [7, 11) is 0. The second kappa shape index (κ2) is 9.34. The summed E-state index contributed by atoms with van der Waals surface area (Å²) in [5.74, 6) is 1.08. The molecule has 8 heteroatoms. The second-order valence-corrected chi connectivity index (χ2v) is 8.23. The standard InChI is InChI=1S/C23H27N3O5/c27-19-13-26(14-19)22(28)11-16-1-3-18(4-2-16)21-6-5-20(12-24-21)31-15-17-7-9-25(10-8-17)23(29)30/h1-6,12,17,19,27H,7-11,13-15H2,(H,29,30). The Bertz CT molecular complexity index is 902. The molecule has 1 aromatic carbocycles. The number of β-amino-alcohol motifs (C(OH)–C–C–N with tert-alkyl or cyclic N) is 1. The average molecular weight is 425 g/mol. The lowest BCUT2D eigenvalue weighted by Crippen LogP contribution is -2.53. The van der Waals surface area contributed by atoms with Crippen LogP contribution in [-0.2, 0) is 11.2 Å². The number of amides is 2. The third-order valence-corrected chi connectivity index (χ3v) is 5.93. The fourth-order valence-corrected chi connectivity index (χ4v) is 3.88. The first-order valence-corrected chi connectivity index (χ1v) is 10.6. The van der Waals surface area contributed by atoms with Gasteiger partial charge < -0.3 is 24.7 Å². The van der Waals surface area contributed by atoms with Crippen LogP contribution in [0, 0.1) is 5.92 Å². The summed E-state index contributed by atoms with van der Waals surface area (Å²) >= 11 is 0. The highest BCUT2D eigenvalue weighted by atomic mass is 16.5. The van der Waals surface area contributed by atoms with Crippen LogP contribution in [0.15, 0.2) is 42.6 Å². The van der Waals surface area contributed by atoms with Crippen molar-refractivity contribution in [2.45, 2.75) is 25.4 Å². The van der Waals surface area contributed by atoms with Crippen molar-refractivity contribution in [3.05, 3.63) is 48.2 Å². The van der Waals surface area contributed by atoms with Crippen molar-refractivity contribution in [3.8, 4) is 17.0 Å². The topological polar surface area (TPSA) is 103 Å². The Balaban J connectivity index is 1.26. The molecule has 0 spiro atoms. The summed E-state index contributed by atoms with van der Waals surface area (Å²) in [6, 6.07) is 11.6. The number of rotatable bonds is 6. The zero-order valence-corrected chi connectivity index (χ0v) is 17.3. The van der Waals surface area contributed by atoms with Gasteiger partial charge in [-0.1, -0.05) is 24.3 Å². The van der Waals surface area contributed by atoms with Crippen molar-refractivity contribution in [2.24, 2.45) is 5.92 Å². The monoisotopic (exact) mass is 425 g/mol. The van der Waals surface area contributed by atoms with Crippen LogP contribution in [0.1, 0.15) is 18.4 Å². The summed E-state index contributed by atoms with van der Waals surface area (Å²) in [5.41, 5.74) is 2.72. The molecule has 2 aliphatic heterocycles. The van der Waals surface area contributed by atoms with E-state index in [2.05, 4.69) is 4.98 Å². The molecule has 2 N–H and O–H groups in total. The third kappa shape index (κ3) is 5.32. The lowest BCUT2D eigenvalue weighted by atomic mass is 9.98. The van der Waals surface area contributed by atoms with E-state index >= 15 is 0 Å². The Kier molecular flexibility index (Phi) is 6.36. The van der Waals surface area contributed by atoms with Crippen molar-refractivity contribution in [2.75, 3.05) is 32.8 Å². The Morgan fingerprint density at radius 2 is 1.74 bits per heavy atom. The minimum atomic E-state index is -0.852. The molecule has 0 saturated carbocycles. The predicted molar refractivity (Wildman–Crippen MR) is 114 cm³/mol. The van der Waals surface area contributed by atoms with E-state index in [1.807, 2.05) is 36.4 Å². The van der Waals surface area contributed by atoms with Crippen molar-refractivity contribution >= 4 is 12.0 Å². The Morgan fingerprint density at radius 1 is 1.03 bits per heavy atom. The maximum absolute atomic E-state index is 12.1. The van der Waals surface area contributed by atoms with Crippen molar-refractivity contribution in [1.82, 2.24) is 14.8 Å². The van der Waals surface area contributed by atoms with E-state index in [1.165, 1.54) is 4.90 Å². The van der Waals surface area contributed by atoms with Gasteiger partial charge in [0.15, 0.2) is 0 Å². The fourth-order valence-electron chi connectivity index (χ4n) is 3.88. The van der Waals surface area contributed by atoms with E-state index in [1.54, 1.807) is 11.1 Å². The number of aliphatic hydroxyl groups is 1. The maximum atomic E-state index is 12.1. The fraction of sp³-hybridized carbons (Fsp3) is 0.435. The van der Waals surface area contributed by atoms with Crippen LogP contribution in [0.5, 0.6) is 5.75 Å². The van der Waals surface area contributed by atoms with Crippen LogP contribution in [0.25, 0.3) is 11.3 Å². The van der Waals surface area contributed by atoms with Gasteiger partial charge in [-0.05, 0) is 36.5 Å². The van der Waals surface area contributed by atoms with E-state index in [4.69, 9.17) is 9.84 Å². The molecule has 164 valence electrons. The van der Waals surface area contributed by atoms with E-state index in [0.29, 0.717) is 50.9 Å². The van der Waals surface area contributed by atoms with E-state index in [-0.39, 0.29) is 12.0 Å². The molecule has 2 saturated heterocycles. The molecule has 8 nitrogen and oxygen atoms in total.